The topological polar surface area (TPSA) is 76.2 Å². The number of H-pyrrole nitrogens is 1. The predicted octanol–water partition coefficient (Wildman–Crippen LogP) is 3.69. The minimum atomic E-state index is -0.324. The van der Waals surface area contributed by atoms with Crippen LogP contribution in [0.25, 0.3) is 11.4 Å². The number of anilines is 1. The second-order valence-electron chi connectivity index (χ2n) is 5.52. The lowest BCUT2D eigenvalue weighted by Gasteiger charge is -2.02. The molecule has 0 aliphatic heterocycles. The van der Waals surface area contributed by atoms with Gasteiger partial charge in [0.2, 0.25) is 0 Å². The number of hydrogen-bond donors (Lipinski definition) is 2. The van der Waals surface area contributed by atoms with Crippen LogP contribution in [0.1, 0.15) is 39.8 Å². The van der Waals surface area contributed by atoms with Crippen molar-refractivity contribution in [3.05, 3.63) is 21.7 Å². The van der Waals surface area contributed by atoms with Crippen molar-refractivity contribution in [3.8, 4) is 11.4 Å². The summed E-state index contributed by atoms with van der Waals surface area (Å²) in [6.07, 6.45) is 0.939. The molecule has 24 heavy (non-hydrogen) atoms. The van der Waals surface area contributed by atoms with E-state index in [0.717, 1.165) is 58.8 Å². The molecule has 2 aromatic rings. The van der Waals surface area contributed by atoms with Crippen molar-refractivity contribution < 1.29 is 14.3 Å². The van der Waals surface area contributed by atoms with E-state index in [9.17, 15) is 4.79 Å². The Morgan fingerprint density at radius 1 is 1.33 bits per heavy atom. The van der Waals surface area contributed by atoms with Gasteiger partial charge in [-0.3, -0.25) is 0 Å². The van der Waals surface area contributed by atoms with Gasteiger partial charge in [-0.1, -0.05) is 0 Å². The number of aromatic nitrogens is 2. The van der Waals surface area contributed by atoms with Gasteiger partial charge in [-0.05, 0) is 39.7 Å². The summed E-state index contributed by atoms with van der Waals surface area (Å²) in [5, 5.41) is 4.21. The minimum absolute atomic E-state index is 0.324. The summed E-state index contributed by atoms with van der Waals surface area (Å²) in [6, 6.07) is 0. The zero-order chi connectivity index (χ0) is 17.7. The minimum Gasteiger partial charge on any atom is -0.465 e. The molecule has 0 saturated heterocycles. The zero-order valence-electron chi connectivity index (χ0n) is 14.9. The van der Waals surface area contributed by atoms with Crippen LogP contribution in [0.2, 0.25) is 0 Å². The van der Waals surface area contributed by atoms with Gasteiger partial charge < -0.3 is 19.8 Å². The summed E-state index contributed by atoms with van der Waals surface area (Å²) in [6.45, 7) is 10.1. The maximum Gasteiger partial charge on any atom is 0.339 e. The van der Waals surface area contributed by atoms with Crippen LogP contribution in [0.4, 0.5) is 5.13 Å². The molecule has 0 spiro atoms. The van der Waals surface area contributed by atoms with Gasteiger partial charge in [-0.2, -0.15) is 0 Å². The lowest BCUT2D eigenvalue weighted by atomic mass is 10.1. The van der Waals surface area contributed by atoms with Crippen molar-refractivity contribution in [2.24, 2.45) is 0 Å². The van der Waals surface area contributed by atoms with Crippen LogP contribution in [0.5, 0.6) is 0 Å². The first-order chi connectivity index (χ1) is 11.5. The molecule has 0 bridgehead atoms. The highest BCUT2D eigenvalue weighted by Gasteiger charge is 2.22. The van der Waals surface area contributed by atoms with Gasteiger partial charge in [0, 0.05) is 30.3 Å². The number of rotatable bonds is 8. The highest BCUT2D eigenvalue weighted by molar-refractivity contribution is 7.16. The number of aromatic amines is 1. The van der Waals surface area contributed by atoms with Gasteiger partial charge >= 0.3 is 5.97 Å². The molecule has 2 aromatic heterocycles. The van der Waals surface area contributed by atoms with Crippen molar-refractivity contribution in [3.63, 3.8) is 0 Å². The van der Waals surface area contributed by atoms with Crippen LogP contribution in [0, 0.1) is 20.8 Å². The fraction of sp³-hybridized carbons (Fsp3) is 0.529. The third-order valence-electron chi connectivity index (χ3n) is 3.81. The molecule has 0 fully saturated rings. The van der Waals surface area contributed by atoms with E-state index < -0.39 is 0 Å². The molecule has 0 aliphatic carbocycles. The molecule has 0 amide bonds. The van der Waals surface area contributed by atoms with Crippen molar-refractivity contribution in [1.29, 1.82) is 0 Å². The Hall–Kier alpha value is -1.86. The second kappa shape index (κ2) is 8.30. The van der Waals surface area contributed by atoms with Crippen molar-refractivity contribution in [1.82, 2.24) is 9.97 Å². The number of nitrogens with zero attached hydrogens (tertiary/aromatic N) is 1. The molecule has 2 N–H and O–H groups in total. The normalized spacial score (nSPS) is 10.9. The largest absolute Gasteiger partial charge is 0.465 e. The van der Waals surface area contributed by atoms with Crippen LogP contribution < -0.4 is 5.32 Å². The molecular formula is C17H25N3O3S. The first-order valence-electron chi connectivity index (χ1n) is 8.06. The average Bonchev–Trinajstić information content (AvgIpc) is 3.06. The second-order valence-corrected chi connectivity index (χ2v) is 6.72. The molecule has 6 nitrogen and oxygen atoms in total. The van der Waals surface area contributed by atoms with E-state index in [-0.39, 0.29) is 5.97 Å². The number of aryl methyl sites for hydroxylation is 2. The average molecular weight is 351 g/mol. The van der Waals surface area contributed by atoms with Gasteiger partial charge in [-0.15, -0.1) is 11.3 Å². The first-order valence-corrected chi connectivity index (χ1v) is 8.88. The lowest BCUT2D eigenvalue weighted by Crippen LogP contribution is -2.05. The maximum absolute atomic E-state index is 11.9. The van der Waals surface area contributed by atoms with Crippen LogP contribution in [0.15, 0.2) is 0 Å². The molecule has 2 heterocycles. The number of ether oxygens (including phenoxy) is 2. The van der Waals surface area contributed by atoms with Crippen LogP contribution >= 0.6 is 11.3 Å². The Bertz CT molecular complexity index is 706. The van der Waals surface area contributed by atoms with Crippen LogP contribution in [-0.2, 0) is 9.47 Å². The quantitative estimate of drug-likeness (QED) is 0.560. The molecule has 0 aliphatic rings. The number of carbonyl (C=O) groups is 1. The monoisotopic (exact) mass is 351 g/mol. The number of nitrogens with one attached hydrogen (secondary N) is 2. The third kappa shape index (κ3) is 3.96. The van der Waals surface area contributed by atoms with Gasteiger partial charge in [0.15, 0.2) is 5.13 Å². The molecular weight excluding hydrogens is 326 g/mol. The van der Waals surface area contributed by atoms with Crippen molar-refractivity contribution >= 4 is 22.4 Å². The standard InChI is InChI=1S/C17H25N3O3S/c1-6-23-9-7-8-18-17-20-15(12(4)24-17)14-10(2)13(11(3)19-14)16(21)22-5/h19H,6-9H2,1-5H3,(H,18,20). The summed E-state index contributed by atoms with van der Waals surface area (Å²) >= 11 is 1.61. The zero-order valence-corrected chi connectivity index (χ0v) is 15.7. The number of carbonyl (C=O) groups excluding carboxylic acids is 1. The van der Waals surface area contributed by atoms with E-state index in [1.165, 1.54) is 7.11 Å². The van der Waals surface area contributed by atoms with Gasteiger partial charge in [0.1, 0.15) is 5.69 Å². The van der Waals surface area contributed by atoms with Gasteiger partial charge in [0.05, 0.1) is 18.4 Å². The van der Waals surface area contributed by atoms with E-state index in [0.29, 0.717) is 5.56 Å². The Kier molecular flexibility index (Phi) is 6.39. The SMILES string of the molecule is CCOCCCNc1nc(-c2[nH]c(C)c(C(=O)OC)c2C)c(C)s1. The van der Waals surface area contributed by atoms with Crippen LogP contribution in [0.3, 0.4) is 0 Å². The molecule has 0 unspecified atom stereocenters. The highest BCUT2D eigenvalue weighted by atomic mass is 32.1. The van der Waals surface area contributed by atoms with Crippen molar-refractivity contribution in [2.45, 2.75) is 34.1 Å². The van der Waals surface area contributed by atoms with Gasteiger partial charge in [-0.25, -0.2) is 9.78 Å². The molecule has 0 radical (unpaired) electrons. The smallest absolute Gasteiger partial charge is 0.339 e. The Labute approximate surface area is 146 Å². The van der Waals surface area contributed by atoms with E-state index in [2.05, 4.69) is 15.3 Å². The van der Waals surface area contributed by atoms with E-state index in [1.54, 1.807) is 11.3 Å². The number of thiazole rings is 1. The summed E-state index contributed by atoms with van der Waals surface area (Å²) in [5.74, 6) is -0.324. The van der Waals surface area contributed by atoms with Crippen LogP contribution in [-0.4, -0.2) is 42.8 Å². The van der Waals surface area contributed by atoms with E-state index in [1.807, 2.05) is 27.7 Å². The number of hydrogen-bond acceptors (Lipinski definition) is 6. The first kappa shape index (κ1) is 18.5. The van der Waals surface area contributed by atoms with Crippen molar-refractivity contribution in [2.75, 3.05) is 32.2 Å². The van der Waals surface area contributed by atoms with E-state index in [4.69, 9.17) is 9.47 Å². The number of esters is 1. The highest BCUT2D eigenvalue weighted by Crippen LogP contribution is 2.34. The Morgan fingerprint density at radius 3 is 2.75 bits per heavy atom. The molecule has 7 heteroatoms. The Morgan fingerprint density at radius 2 is 2.08 bits per heavy atom. The molecule has 132 valence electrons. The summed E-state index contributed by atoms with van der Waals surface area (Å²) in [5.41, 5.74) is 4.02. The fourth-order valence-electron chi connectivity index (χ4n) is 2.61. The maximum atomic E-state index is 11.9. The summed E-state index contributed by atoms with van der Waals surface area (Å²) < 4.78 is 10.2. The molecule has 0 aromatic carbocycles. The Balaban J connectivity index is 2.17. The summed E-state index contributed by atoms with van der Waals surface area (Å²) in [7, 11) is 1.40. The lowest BCUT2D eigenvalue weighted by molar-refractivity contribution is 0.0599. The third-order valence-corrected chi connectivity index (χ3v) is 4.73. The molecule has 0 saturated carbocycles. The number of methoxy groups -OCH3 is 1. The molecule has 2 rings (SSSR count). The fourth-order valence-corrected chi connectivity index (χ4v) is 3.46. The summed E-state index contributed by atoms with van der Waals surface area (Å²) in [4.78, 5) is 21.0. The van der Waals surface area contributed by atoms with E-state index >= 15 is 0 Å². The molecule has 0 atom stereocenters. The van der Waals surface area contributed by atoms with Gasteiger partial charge in [0.25, 0.3) is 0 Å². The predicted molar refractivity (Wildman–Crippen MR) is 97.1 cm³/mol.